The van der Waals surface area contributed by atoms with E-state index in [4.69, 9.17) is 7.74 Å². The molecule has 0 fully saturated rings. The molecular formula is C2H5B4I. The molecule has 0 aromatic heterocycles. The Morgan fingerprint density at radius 3 is 2.57 bits per heavy atom. The molecule has 0 aliphatic carbocycles. The van der Waals surface area contributed by atoms with Crippen molar-refractivity contribution >= 4 is 48.0 Å². The molecule has 0 aromatic carbocycles. The van der Waals surface area contributed by atoms with E-state index in [0.29, 0.717) is 4.46 Å². The molecule has 0 spiro atoms. The van der Waals surface area contributed by atoms with Gasteiger partial charge in [-0.15, -0.1) is 0 Å². The van der Waals surface area contributed by atoms with Gasteiger partial charge < -0.3 is 0 Å². The summed E-state index contributed by atoms with van der Waals surface area (Å²) in [6.45, 7) is 5.72. The first-order valence-corrected chi connectivity index (χ1v) is 3.58. The Balaban J connectivity index is 3.16. The Morgan fingerprint density at radius 1 is 1.86 bits per heavy atom. The van der Waals surface area contributed by atoms with Crippen LogP contribution in [-0.2, 0) is 0 Å². The van der Waals surface area contributed by atoms with Gasteiger partial charge in [-0.3, -0.25) is 0 Å². The van der Waals surface area contributed by atoms with Crippen molar-refractivity contribution in [3.63, 3.8) is 0 Å². The monoisotopic (exact) mass is 200 g/mol. The van der Waals surface area contributed by atoms with E-state index in [1.165, 1.54) is 0 Å². The normalized spacial score (nSPS) is 7.71. The summed E-state index contributed by atoms with van der Waals surface area (Å²) in [6.07, 6.45) is 1.16. The van der Waals surface area contributed by atoms with Crippen LogP contribution in [0.4, 0.5) is 0 Å². The molecule has 0 aliphatic rings. The van der Waals surface area contributed by atoms with E-state index in [9.17, 15) is 0 Å². The Bertz CT molecular complexity index is 62.7. The third-order valence-electron chi connectivity index (χ3n) is 0.710. The van der Waals surface area contributed by atoms with Gasteiger partial charge in [0.1, 0.15) is 0 Å². The van der Waals surface area contributed by atoms with Crippen LogP contribution in [0.15, 0.2) is 0 Å². The van der Waals surface area contributed by atoms with Gasteiger partial charge in [0.15, 0.2) is 0 Å². The fourth-order valence-electron chi connectivity index (χ4n) is 0.257. The Kier molecular flexibility index (Phi) is 5.86. The van der Waals surface area contributed by atoms with Crippen LogP contribution in [0.2, 0.25) is 6.32 Å². The zero-order valence-corrected chi connectivity index (χ0v) is 6.55. The molecule has 0 amide bonds. The summed E-state index contributed by atoms with van der Waals surface area (Å²) in [7, 11) is 5.12. The minimum absolute atomic E-state index is 0.614. The van der Waals surface area contributed by atoms with Crippen molar-refractivity contribution in [2.24, 2.45) is 0 Å². The van der Waals surface area contributed by atoms with Crippen LogP contribution in [0.5, 0.6) is 0 Å². The quantitative estimate of drug-likeness (QED) is 0.444. The molecule has 0 aromatic rings. The summed E-state index contributed by atoms with van der Waals surface area (Å²) in [6, 6.07) is 0. The van der Waals surface area contributed by atoms with Gasteiger partial charge in [-0.2, -0.15) is 0 Å². The fourth-order valence-corrected chi connectivity index (χ4v) is 0.496. The summed E-state index contributed by atoms with van der Waals surface area (Å²) in [4.78, 5) is 0. The third kappa shape index (κ3) is 4.85. The molecule has 0 bridgehead atoms. The third-order valence-corrected chi connectivity index (χ3v) is 2.01. The second kappa shape index (κ2) is 5.13. The van der Waals surface area contributed by atoms with E-state index in [-0.39, 0.29) is 0 Å². The summed E-state index contributed by atoms with van der Waals surface area (Å²) >= 11 is 2.34. The van der Waals surface area contributed by atoms with Crippen LogP contribution >= 0.6 is 22.4 Å². The molecule has 0 unspecified atom stereocenters. The Morgan fingerprint density at radius 2 is 2.43 bits per heavy atom. The first-order chi connectivity index (χ1) is 3.31. The van der Waals surface area contributed by atoms with E-state index in [2.05, 4.69) is 29.3 Å². The van der Waals surface area contributed by atoms with Gasteiger partial charge in [0.25, 0.3) is 0 Å². The van der Waals surface area contributed by atoms with Crippen LogP contribution in [-0.4, -0.2) is 25.6 Å². The van der Waals surface area contributed by atoms with E-state index in [1.54, 1.807) is 6.69 Å². The molecule has 0 heterocycles. The summed E-state index contributed by atoms with van der Waals surface area (Å²) < 4.78 is 0.614. The maximum atomic E-state index is 5.12. The number of hydrogen-bond acceptors (Lipinski definition) is 0. The molecule has 0 saturated heterocycles. The molecule has 0 atom stereocenters. The van der Waals surface area contributed by atoms with Crippen LogP contribution in [0, 0.1) is 0 Å². The molecule has 0 aliphatic heterocycles. The SMILES string of the molecule is [B]B=BB(I)CC. The van der Waals surface area contributed by atoms with Crippen molar-refractivity contribution in [1.29, 1.82) is 0 Å². The van der Waals surface area contributed by atoms with E-state index in [1.807, 2.05) is 6.69 Å². The molecule has 5 heteroatoms. The van der Waals surface area contributed by atoms with Crippen LogP contribution in [0.3, 0.4) is 0 Å². The summed E-state index contributed by atoms with van der Waals surface area (Å²) in [5.74, 6) is 0. The van der Waals surface area contributed by atoms with Crippen LogP contribution < -0.4 is 0 Å². The van der Waals surface area contributed by atoms with Crippen LogP contribution in [0.25, 0.3) is 0 Å². The molecule has 7 heavy (non-hydrogen) atoms. The molecule has 0 nitrogen and oxygen atoms in total. The average Bonchev–Trinajstić information content (AvgIpc) is 1.68. The van der Waals surface area contributed by atoms with Gasteiger partial charge in [-0.25, -0.2) is 0 Å². The van der Waals surface area contributed by atoms with Crippen molar-refractivity contribution in [3.05, 3.63) is 0 Å². The van der Waals surface area contributed by atoms with E-state index in [0.717, 1.165) is 6.32 Å². The van der Waals surface area contributed by atoms with Crippen molar-refractivity contribution in [2.75, 3.05) is 0 Å². The predicted molar refractivity (Wildman–Crippen MR) is 47.5 cm³/mol. The zero-order chi connectivity index (χ0) is 5.70. The maximum absolute atomic E-state index is 5.12. The van der Waals surface area contributed by atoms with Gasteiger partial charge in [0, 0.05) is 0 Å². The van der Waals surface area contributed by atoms with Crippen molar-refractivity contribution in [1.82, 2.24) is 0 Å². The first-order valence-electron chi connectivity index (χ1n) is 2.33. The topological polar surface area (TPSA) is 0 Å². The van der Waals surface area contributed by atoms with E-state index < -0.39 is 0 Å². The minimum atomic E-state index is 0.614. The molecule has 0 rings (SSSR count). The molecule has 2 radical (unpaired) electrons. The second-order valence-corrected chi connectivity index (χ2v) is 2.91. The van der Waals surface area contributed by atoms with Gasteiger partial charge in [-0.05, 0) is 0 Å². The van der Waals surface area contributed by atoms with Gasteiger partial charge >= 0.3 is 61.2 Å². The molecule has 0 saturated carbocycles. The second-order valence-electron chi connectivity index (χ2n) is 1.31. The number of hydrogen-bond donors (Lipinski definition) is 0. The Labute approximate surface area is 61.3 Å². The Hall–Kier alpha value is 0.990. The number of halogens is 1. The predicted octanol–water partition coefficient (Wildman–Crippen LogP) is 0.336. The number of rotatable bonds is 2. The van der Waals surface area contributed by atoms with Crippen molar-refractivity contribution < 1.29 is 0 Å². The van der Waals surface area contributed by atoms with Crippen molar-refractivity contribution in [2.45, 2.75) is 13.2 Å². The van der Waals surface area contributed by atoms with Gasteiger partial charge in [-0.1, -0.05) is 0 Å². The van der Waals surface area contributed by atoms with Crippen molar-refractivity contribution in [3.8, 4) is 0 Å². The van der Waals surface area contributed by atoms with Gasteiger partial charge in [0.05, 0.1) is 0 Å². The van der Waals surface area contributed by atoms with Gasteiger partial charge in [0.2, 0.25) is 0 Å². The summed E-state index contributed by atoms with van der Waals surface area (Å²) in [5.41, 5.74) is 0. The first kappa shape index (κ1) is 7.99. The summed E-state index contributed by atoms with van der Waals surface area (Å²) in [5, 5.41) is 0. The molecular weight excluding hydrogens is 194 g/mol. The average molecular weight is 199 g/mol. The molecule has 0 N–H and O–H groups in total. The fraction of sp³-hybridized carbons (Fsp3) is 1.00. The molecule has 32 valence electrons. The standard InChI is InChI=1S/C2H5B4I/c1-2-6(7)5-4-3/h2H2,1H3. The van der Waals surface area contributed by atoms with E-state index >= 15 is 0 Å². The van der Waals surface area contributed by atoms with Crippen LogP contribution in [0.1, 0.15) is 6.92 Å². The zero-order valence-electron chi connectivity index (χ0n) is 4.39.